The van der Waals surface area contributed by atoms with Gasteiger partial charge in [0.1, 0.15) is 6.54 Å². The highest BCUT2D eigenvalue weighted by Crippen LogP contribution is 2.51. The zero-order valence-electron chi connectivity index (χ0n) is 16.5. The van der Waals surface area contributed by atoms with Crippen LogP contribution >= 0.6 is 0 Å². The Balaban J connectivity index is 1.53. The van der Waals surface area contributed by atoms with Crippen molar-refractivity contribution in [3.05, 3.63) is 17.0 Å². The van der Waals surface area contributed by atoms with Gasteiger partial charge in [-0.15, -0.1) is 0 Å². The Bertz CT molecular complexity index is 692. The van der Waals surface area contributed by atoms with E-state index in [9.17, 15) is 8.78 Å². The Morgan fingerprint density at radius 1 is 1.30 bits per heavy atom. The Morgan fingerprint density at radius 3 is 2.67 bits per heavy atom. The molecule has 0 radical (unpaired) electrons. The van der Waals surface area contributed by atoms with E-state index < -0.39 is 5.92 Å². The molecular weight excluding hydrogens is 350 g/mol. The second kappa shape index (κ2) is 6.78. The van der Waals surface area contributed by atoms with Gasteiger partial charge in [-0.25, -0.2) is 8.78 Å². The highest BCUT2D eigenvalue weighted by atomic mass is 19.3. The molecular formula is C20H32F2N4O. The maximum atomic E-state index is 14.0. The summed E-state index contributed by atoms with van der Waals surface area (Å²) in [5, 5.41) is 7.83. The summed E-state index contributed by atoms with van der Waals surface area (Å²) < 4.78 is 35.7. The lowest BCUT2D eigenvalue weighted by molar-refractivity contribution is -0.0295. The molecule has 1 aromatic heterocycles. The van der Waals surface area contributed by atoms with Crippen LogP contribution in [0.4, 0.5) is 8.78 Å². The van der Waals surface area contributed by atoms with Gasteiger partial charge in [-0.1, -0.05) is 13.8 Å². The molecule has 3 heterocycles. The SMILES string of the molecule is CC1(C)COC2(CCC(c3c(CNCCN)nn4c3CC(F)(F)C4)CC2)C1. The number of hydrogen-bond donors (Lipinski definition) is 2. The monoisotopic (exact) mass is 382 g/mol. The first-order chi connectivity index (χ1) is 12.7. The van der Waals surface area contributed by atoms with Crippen LogP contribution < -0.4 is 11.1 Å². The van der Waals surface area contributed by atoms with Crippen LogP contribution in [0.15, 0.2) is 0 Å². The summed E-state index contributed by atoms with van der Waals surface area (Å²) in [7, 11) is 0. The maximum absolute atomic E-state index is 14.0. The molecule has 3 N–H and O–H groups in total. The molecule has 1 saturated carbocycles. The molecule has 0 unspecified atom stereocenters. The largest absolute Gasteiger partial charge is 0.374 e. The molecule has 1 saturated heterocycles. The van der Waals surface area contributed by atoms with Gasteiger partial charge in [0.05, 0.1) is 24.3 Å². The zero-order valence-corrected chi connectivity index (χ0v) is 16.5. The molecule has 0 atom stereocenters. The van der Waals surface area contributed by atoms with Crippen LogP contribution in [0, 0.1) is 5.41 Å². The van der Waals surface area contributed by atoms with E-state index in [1.165, 1.54) is 0 Å². The Labute approximate surface area is 160 Å². The van der Waals surface area contributed by atoms with Crippen molar-refractivity contribution < 1.29 is 13.5 Å². The average Bonchev–Trinajstić information content (AvgIpc) is 3.16. The molecule has 152 valence electrons. The fourth-order valence-corrected chi connectivity index (χ4v) is 5.39. The smallest absolute Gasteiger partial charge is 0.272 e. The molecule has 2 fully saturated rings. The van der Waals surface area contributed by atoms with Crippen LogP contribution in [0.3, 0.4) is 0 Å². The first kappa shape index (κ1) is 19.3. The fourth-order valence-electron chi connectivity index (χ4n) is 5.39. The van der Waals surface area contributed by atoms with Gasteiger partial charge < -0.3 is 15.8 Å². The van der Waals surface area contributed by atoms with Gasteiger partial charge in [0, 0.05) is 30.9 Å². The van der Waals surface area contributed by atoms with Crippen molar-refractivity contribution in [1.29, 1.82) is 0 Å². The number of hydrogen-bond acceptors (Lipinski definition) is 4. The van der Waals surface area contributed by atoms with Crippen molar-refractivity contribution in [1.82, 2.24) is 15.1 Å². The summed E-state index contributed by atoms with van der Waals surface area (Å²) in [6.07, 6.45) is 4.92. The first-order valence-electron chi connectivity index (χ1n) is 10.2. The third-order valence-electron chi connectivity index (χ3n) is 6.47. The minimum Gasteiger partial charge on any atom is -0.374 e. The molecule has 0 amide bonds. The van der Waals surface area contributed by atoms with Crippen LogP contribution in [0.5, 0.6) is 0 Å². The summed E-state index contributed by atoms with van der Waals surface area (Å²) >= 11 is 0. The van der Waals surface area contributed by atoms with E-state index in [-0.39, 0.29) is 24.0 Å². The van der Waals surface area contributed by atoms with E-state index in [0.717, 1.165) is 55.7 Å². The molecule has 2 aliphatic heterocycles. The Kier molecular flexibility index (Phi) is 4.84. The lowest BCUT2D eigenvalue weighted by Gasteiger charge is -2.37. The number of nitrogens with zero attached hydrogens (tertiary/aromatic N) is 2. The molecule has 1 aromatic rings. The lowest BCUT2D eigenvalue weighted by Crippen LogP contribution is -2.34. The van der Waals surface area contributed by atoms with E-state index in [0.29, 0.717) is 25.6 Å². The first-order valence-corrected chi connectivity index (χ1v) is 10.2. The summed E-state index contributed by atoms with van der Waals surface area (Å²) in [6.45, 7) is 6.92. The van der Waals surface area contributed by atoms with Crippen molar-refractivity contribution in [2.75, 3.05) is 19.7 Å². The number of ether oxygens (including phenoxy) is 1. The van der Waals surface area contributed by atoms with Crippen molar-refractivity contribution in [2.24, 2.45) is 11.1 Å². The van der Waals surface area contributed by atoms with Gasteiger partial charge in [0.25, 0.3) is 5.92 Å². The third-order valence-corrected chi connectivity index (χ3v) is 6.47. The molecule has 1 aliphatic carbocycles. The van der Waals surface area contributed by atoms with Crippen LogP contribution in [0.2, 0.25) is 0 Å². The van der Waals surface area contributed by atoms with Crippen molar-refractivity contribution >= 4 is 0 Å². The topological polar surface area (TPSA) is 65.1 Å². The van der Waals surface area contributed by atoms with Gasteiger partial charge in [0.2, 0.25) is 0 Å². The molecule has 0 aromatic carbocycles. The van der Waals surface area contributed by atoms with E-state index in [4.69, 9.17) is 10.5 Å². The highest BCUT2D eigenvalue weighted by Gasteiger charge is 2.48. The summed E-state index contributed by atoms with van der Waals surface area (Å²) in [5.41, 5.74) is 8.56. The predicted octanol–water partition coefficient (Wildman–Crippen LogP) is 2.97. The average molecular weight is 382 g/mol. The number of alkyl halides is 2. The van der Waals surface area contributed by atoms with Gasteiger partial charge in [-0.2, -0.15) is 5.10 Å². The number of nitrogens with one attached hydrogen (secondary N) is 1. The normalized spacial score (nSPS) is 31.5. The highest BCUT2D eigenvalue weighted by molar-refractivity contribution is 5.34. The number of aromatic nitrogens is 2. The summed E-state index contributed by atoms with van der Waals surface area (Å²) in [6, 6.07) is 0. The molecule has 5 nitrogen and oxygen atoms in total. The molecule has 4 rings (SSSR count). The van der Waals surface area contributed by atoms with E-state index >= 15 is 0 Å². The number of nitrogens with two attached hydrogens (primary N) is 1. The second-order valence-electron chi connectivity index (χ2n) is 9.55. The van der Waals surface area contributed by atoms with Crippen LogP contribution in [0.25, 0.3) is 0 Å². The van der Waals surface area contributed by atoms with Gasteiger partial charge >= 0.3 is 0 Å². The van der Waals surface area contributed by atoms with Gasteiger partial charge in [0.15, 0.2) is 0 Å². The minimum atomic E-state index is -2.67. The molecule has 3 aliphatic rings. The predicted molar refractivity (Wildman–Crippen MR) is 99.9 cm³/mol. The Morgan fingerprint density at radius 2 is 2.04 bits per heavy atom. The third kappa shape index (κ3) is 3.78. The van der Waals surface area contributed by atoms with E-state index in [1.54, 1.807) is 4.68 Å². The van der Waals surface area contributed by atoms with Crippen LogP contribution in [-0.2, 0) is 24.2 Å². The Hall–Kier alpha value is -1.05. The van der Waals surface area contributed by atoms with Crippen LogP contribution in [0.1, 0.15) is 68.8 Å². The van der Waals surface area contributed by atoms with Crippen molar-refractivity contribution in [3.8, 4) is 0 Å². The maximum Gasteiger partial charge on any atom is 0.272 e. The molecule has 27 heavy (non-hydrogen) atoms. The standard InChI is InChI=1S/C20H32F2N4O/c1-18(2)11-19(27-13-18)5-3-14(4-6-19)17-15(10-24-8-7-23)25-26-12-20(21,22)9-16(17)26/h14,24H,3-13,23H2,1-2H3. The second-order valence-corrected chi connectivity index (χ2v) is 9.55. The van der Waals surface area contributed by atoms with Crippen LogP contribution in [-0.4, -0.2) is 41.0 Å². The molecule has 0 bridgehead atoms. The van der Waals surface area contributed by atoms with Crippen molar-refractivity contribution in [2.45, 2.75) is 82.9 Å². The number of halogens is 2. The number of rotatable bonds is 5. The number of fused-ring (bicyclic) bond motifs is 1. The lowest BCUT2D eigenvalue weighted by atomic mass is 9.71. The quantitative estimate of drug-likeness (QED) is 0.769. The summed E-state index contributed by atoms with van der Waals surface area (Å²) in [5.74, 6) is -2.37. The van der Waals surface area contributed by atoms with E-state index in [1.807, 2.05) is 0 Å². The molecule has 1 spiro atoms. The van der Waals surface area contributed by atoms with Gasteiger partial charge in [-0.3, -0.25) is 4.68 Å². The van der Waals surface area contributed by atoms with Gasteiger partial charge in [-0.05, 0) is 43.4 Å². The summed E-state index contributed by atoms with van der Waals surface area (Å²) in [4.78, 5) is 0. The zero-order chi connectivity index (χ0) is 19.3. The molecule has 7 heteroatoms. The van der Waals surface area contributed by atoms with Crippen molar-refractivity contribution in [3.63, 3.8) is 0 Å². The van der Waals surface area contributed by atoms with E-state index in [2.05, 4.69) is 24.3 Å². The fraction of sp³-hybridized carbons (Fsp3) is 0.850. The minimum absolute atomic E-state index is 0.00175.